The van der Waals surface area contributed by atoms with Crippen molar-refractivity contribution in [3.8, 4) is 0 Å². The van der Waals surface area contributed by atoms with Gasteiger partial charge in [0.05, 0.1) is 5.92 Å². The Hall–Kier alpha value is -1.77. The second kappa shape index (κ2) is 4.00. The zero-order chi connectivity index (χ0) is 11.7. The monoisotopic (exact) mass is 217 g/mol. The zero-order valence-electron chi connectivity index (χ0n) is 9.47. The van der Waals surface area contributed by atoms with Gasteiger partial charge in [0.2, 0.25) is 0 Å². The number of fused-ring (bicyclic) bond motifs is 1. The van der Waals surface area contributed by atoms with Gasteiger partial charge in [-0.2, -0.15) is 0 Å². The molecule has 84 valence electrons. The molecule has 3 nitrogen and oxygen atoms in total. The molecule has 0 aliphatic rings. The molecular formula is C13H15NO2. The van der Waals surface area contributed by atoms with Gasteiger partial charge in [-0.15, -0.1) is 0 Å². The van der Waals surface area contributed by atoms with Gasteiger partial charge < -0.3 is 9.67 Å². The highest BCUT2D eigenvalue weighted by molar-refractivity contribution is 5.84. The SMILES string of the molecule is CC(Cc1cn(C)c2ccccc12)C(=O)O. The van der Waals surface area contributed by atoms with E-state index in [0.29, 0.717) is 6.42 Å². The Kier molecular flexibility index (Phi) is 2.69. The molecule has 0 aliphatic carbocycles. The van der Waals surface area contributed by atoms with E-state index in [1.165, 1.54) is 0 Å². The van der Waals surface area contributed by atoms with E-state index in [1.54, 1.807) is 6.92 Å². The van der Waals surface area contributed by atoms with Crippen molar-refractivity contribution in [2.24, 2.45) is 13.0 Å². The Morgan fingerprint density at radius 2 is 2.12 bits per heavy atom. The number of carbonyl (C=O) groups is 1. The molecule has 2 rings (SSSR count). The van der Waals surface area contributed by atoms with Crippen LogP contribution in [0.15, 0.2) is 30.5 Å². The number of nitrogens with zero attached hydrogens (tertiary/aromatic N) is 1. The topological polar surface area (TPSA) is 42.2 Å². The molecule has 16 heavy (non-hydrogen) atoms. The Labute approximate surface area is 94.3 Å². The van der Waals surface area contributed by atoms with Crippen molar-refractivity contribution in [2.75, 3.05) is 0 Å². The second-order valence-corrected chi connectivity index (χ2v) is 4.23. The van der Waals surface area contributed by atoms with Gasteiger partial charge in [-0.1, -0.05) is 25.1 Å². The molecular weight excluding hydrogens is 202 g/mol. The first kappa shape index (κ1) is 10.7. The van der Waals surface area contributed by atoms with Crippen LogP contribution >= 0.6 is 0 Å². The molecule has 0 bridgehead atoms. The first-order chi connectivity index (χ1) is 7.59. The molecule has 0 amide bonds. The maximum Gasteiger partial charge on any atom is 0.306 e. The molecule has 1 unspecified atom stereocenters. The van der Waals surface area contributed by atoms with Crippen LogP contribution < -0.4 is 0 Å². The molecule has 1 aromatic carbocycles. The van der Waals surface area contributed by atoms with E-state index in [9.17, 15) is 4.79 Å². The van der Waals surface area contributed by atoms with Crippen LogP contribution in [0.5, 0.6) is 0 Å². The summed E-state index contributed by atoms with van der Waals surface area (Å²) in [6, 6.07) is 8.06. The number of hydrogen-bond acceptors (Lipinski definition) is 1. The third-order valence-electron chi connectivity index (χ3n) is 2.93. The highest BCUT2D eigenvalue weighted by atomic mass is 16.4. The predicted octanol–water partition coefficient (Wildman–Crippen LogP) is 2.44. The summed E-state index contributed by atoms with van der Waals surface area (Å²) in [5, 5.41) is 10.1. The minimum atomic E-state index is -0.743. The van der Waals surface area contributed by atoms with Crippen molar-refractivity contribution in [3.63, 3.8) is 0 Å². The quantitative estimate of drug-likeness (QED) is 0.858. The lowest BCUT2D eigenvalue weighted by atomic mass is 10.0. The summed E-state index contributed by atoms with van der Waals surface area (Å²) in [7, 11) is 1.98. The van der Waals surface area contributed by atoms with E-state index in [0.717, 1.165) is 16.5 Å². The summed E-state index contributed by atoms with van der Waals surface area (Å²) in [5.74, 6) is -1.08. The second-order valence-electron chi connectivity index (χ2n) is 4.23. The van der Waals surface area contributed by atoms with Crippen LogP contribution in [0.25, 0.3) is 10.9 Å². The molecule has 0 spiro atoms. The molecule has 1 atom stereocenters. The number of hydrogen-bond donors (Lipinski definition) is 1. The standard InChI is InChI=1S/C13H15NO2/c1-9(13(15)16)7-10-8-14(2)12-6-4-3-5-11(10)12/h3-6,8-9H,7H2,1-2H3,(H,15,16). The molecule has 3 heteroatoms. The normalized spacial score (nSPS) is 12.9. The fourth-order valence-electron chi connectivity index (χ4n) is 2.01. The smallest absolute Gasteiger partial charge is 0.306 e. The Bertz CT molecular complexity index is 528. The number of aryl methyl sites for hydroxylation is 1. The summed E-state index contributed by atoms with van der Waals surface area (Å²) in [4.78, 5) is 10.8. The van der Waals surface area contributed by atoms with Crippen molar-refractivity contribution in [2.45, 2.75) is 13.3 Å². The van der Waals surface area contributed by atoms with Crippen LogP contribution in [-0.2, 0) is 18.3 Å². The van der Waals surface area contributed by atoms with Crippen molar-refractivity contribution in [1.82, 2.24) is 4.57 Å². The van der Waals surface area contributed by atoms with Crippen LogP contribution in [0.3, 0.4) is 0 Å². The maximum absolute atomic E-state index is 10.8. The fourth-order valence-corrected chi connectivity index (χ4v) is 2.01. The van der Waals surface area contributed by atoms with E-state index in [-0.39, 0.29) is 5.92 Å². The van der Waals surface area contributed by atoms with Gasteiger partial charge in [0.1, 0.15) is 0 Å². The van der Waals surface area contributed by atoms with Crippen LogP contribution in [0.4, 0.5) is 0 Å². The zero-order valence-corrected chi connectivity index (χ0v) is 9.47. The number of carboxylic acids is 1. The van der Waals surface area contributed by atoms with Gasteiger partial charge in [-0.25, -0.2) is 0 Å². The first-order valence-electron chi connectivity index (χ1n) is 5.35. The van der Waals surface area contributed by atoms with Crippen LogP contribution in [0.2, 0.25) is 0 Å². The fraction of sp³-hybridized carbons (Fsp3) is 0.308. The van der Waals surface area contributed by atoms with Crippen LogP contribution in [0, 0.1) is 5.92 Å². The first-order valence-corrected chi connectivity index (χ1v) is 5.35. The van der Waals surface area contributed by atoms with E-state index in [1.807, 2.05) is 42.1 Å². The van der Waals surface area contributed by atoms with E-state index >= 15 is 0 Å². The molecule has 0 radical (unpaired) electrons. The lowest BCUT2D eigenvalue weighted by molar-refractivity contribution is -0.141. The molecule has 1 heterocycles. The third-order valence-corrected chi connectivity index (χ3v) is 2.93. The molecule has 1 N–H and O–H groups in total. The average molecular weight is 217 g/mol. The van der Waals surface area contributed by atoms with Gasteiger partial charge in [0.25, 0.3) is 0 Å². The number of aromatic nitrogens is 1. The molecule has 2 aromatic rings. The van der Waals surface area contributed by atoms with Crippen LogP contribution in [0.1, 0.15) is 12.5 Å². The largest absolute Gasteiger partial charge is 0.481 e. The van der Waals surface area contributed by atoms with Gasteiger partial charge in [-0.05, 0) is 18.1 Å². The lowest BCUT2D eigenvalue weighted by Crippen LogP contribution is -2.11. The van der Waals surface area contributed by atoms with Crippen LogP contribution in [-0.4, -0.2) is 15.6 Å². The van der Waals surface area contributed by atoms with Crippen molar-refractivity contribution in [1.29, 1.82) is 0 Å². The van der Waals surface area contributed by atoms with Crippen molar-refractivity contribution in [3.05, 3.63) is 36.0 Å². The van der Waals surface area contributed by atoms with E-state index < -0.39 is 5.97 Å². The number of rotatable bonds is 3. The summed E-state index contributed by atoms with van der Waals surface area (Å²) in [5.41, 5.74) is 2.25. The molecule has 0 saturated carbocycles. The van der Waals surface area contributed by atoms with Gasteiger partial charge in [0, 0.05) is 24.1 Å². The highest BCUT2D eigenvalue weighted by Crippen LogP contribution is 2.22. The highest BCUT2D eigenvalue weighted by Gasteiger charge is 2.14. The number of aliphatic carboxylic acids is 1. The van der Waals surface area contributed by atoms with Gasteiger partial charge >= 0.3 is 5.97 Å². The minimum absolute atomic E-state index is 0.342. The molecule has 0 aliphatic heterocycles. The maximum atomic E-state index is 10.8. The average Bonchev–Trinajstić information content (AvgIpc) is 2.57. The molecule has 0 saturated heterocycles. The minimum Gasteiger partial charge on any atom is -0.481 e. The van der Waals surface area contributed by atoms with E-state index in [2.05, 4.69) is 0 Å². The Morgan fingerprint density at radius 3 is 2.81 bits per heavy atom. The van der Waals surface area contributed by atoms with Crippen molar-refractivity contribution < 1.29 is 9.90 Å². The van der Waals surface area contributed by atoms with Gasteiger partial charge in [-0.3, -0.25) is 4.79 Å². The lowest BCUT2D eigenvalue weighted by Gasteiger charge is -2.04. The van der Waals surface area contributed by atoms with Gasteiger partial charge in [0.15, 0.2) is 0 Å². The summed E-state index contributed by atoms with van der Waals surface area (Å²) in [6.07, 6.45) is 2.60. The molecule has 0 fully saturated rings. The summed E-state index contributed by atoms with van der Waals surface area (Å²) < 4.78 is 2.04. The molecule has 1 aromatic heterocycles. The summed E-state index contributed by atoms with van der Waals surface area (Å²) >= 11 is 0. The number of benzene rings is 1. The number of carboxylic acid groups (broad SMARTS) is 1. The Morgan fingerprint density at radius 1 is 1.44 bits per heavy atom. The van der Waals surface area contributed by atoms with Crippen molar-refractivity contribution >= 4 is 16.9 Å². The number of para-hydroxylation sites is 1. The predicted molar refractivity (Wildman–Crippen MR) is 63.4 cm³/mol. The third kappa shape index (κ3) is 1.81. The summed E-state index contributed by atoms with van der Waals surface area (Å²) in [6.45, 7) is 1.74. The van der Waals surface area contributed by atoms with E-state index in [4.69, 9.17) is 5.11 Å². The Balaban J connectivity index is 2.42.